The fourth-order valence-electron chi connectivity index (χ4n) is 1.89. The van der Waals surface area contributed by atoms with E-state index in [2.05, 4.69) is 27.1 Å². The topological polar surface area (TPSA) is 48.5 Å². The van der Waals surface area contributed by atoms with Crippen molar-refractivity contribution in [2.75, 3.05) is 45.2 Å². The molecule has 0 aliphatic carbocycles. The summed E-state index contributed by atoms with van der Waals surface area (Å²) in [7, 11) is 3.75. The van der Waals surface area contributed by atoms with Crippen LogP contribution in [0.1, 0.15) is 11.8 Å². The van der Waals surface area contributed by atoms with Gasteiger partial charge in [-0.3, -0.25) is 4.79 Å². The van der Waals surface area contributed by atoms with E-state index in [4.69, 9.17) is 0 Å². The highest BCUT2D eigenvalue weighted by Crippen LogP contribution is 2.13. The van der Waals surface area contributed by atoms with Gasteiger partial charge in [0.1, 0.15) is 5.82 Å². The Hall–Kier alpha value is -1.62. The van der Waals surface area contributed by atoms with Crippen LogP contribution >= 0.6 is 0 Å². The van der Waals surface area contributed by atoms with E-state index in [-0.39, 0.29) is 7.33 Å². The van der Waals surface area contributed by atoms with E-state index in [1.807, 2.05) is 12.1 Å². The molecule has 0 bridgehead atoms. The summed E-state index contributed by atoms with van der Waals surface area (Å²) in [5.41, 5.74) is 0.602. The Morgan fingerprint density at radius 1 is 1.35 bits per heavy atom. The molecule has 1 aliphatic rings. The van der Waals surface area contributed by atoms with Crippen molar-refractivity contribution in [1.82, 2.24) is 15.2 Å². The number of carbonyl (C=O) groups excluding carboxylic acids is 1. The van der Waals surface area contributed by atoms with Gasteiger partial charge in [0.2, 0.25) is 0 Å². The maximum atomic E-state index is 11.4. The van der Waals surface area contributed by atoms with Crippen molar-refractivity contribution >= 4 is 11.7 Å². The number of carbonyl (C=O) groups is 1. The second-order valence-corrected chi connectivity index (χ2v) is 4.27. The zero-order valence-electron chi connectivity index (χ0n) is 10.3. The van der Waals surface area contributed by atoms with Gasteiger partial charge in [-0.05, 0) is 19.2 Å². The first-order chi connectivity index (χ1) is 8.20. The molecule has 1 saturated heterocycles. The highest BCUT2D eigenvalue weighted by atomic mass is 16.1. The van der Waals surface area contributed by atoms with Crippen molar-refractivity contribution < 1.29 is 6.22 Å². The van der Waals surface area contributed by atoms with Crippen LogP contribution in [0.3, 0.4) is 0 Å². The highest BCUT2D eigenvalue weighted by Gasteiger charge is 2.15. The third-order valence-electron chi connectivity index (χ3n) is 3.06. The van der Waals surface area contributed by atoms with Crippen molar-refractivity contribution in [1.29, 1.82) is 0 Å². The van der Waals surface area contributed by atoms with Crippen molar-refractivity contribution in [2.24, 2.45) is 0 Å². The molecule has 1 amide bonds. The van der Waals surface area contributed by atoms with E-state index in [1.165, 1.54) is 0 Å². The van der Waals surface area contributed by atoms with Gasteiger partial charge in [0.15, 0.2) is 0 Å². The Kier molecular flexibility index (Phi) is 3.58. The lowest BCUT2D eigenvalue weighted by Crippen LogP contribution is -2.44. The zero-order chi connectivity index (χ0) is 12.3. The van der Waals surface area contributed by atoms with Crippen molar-refractivity contribution in [2.45, 2.75) is 0 Å². The Balaban J connectivity index is 0.00000162. The number of hydrogen-bond donors (Lipinski definition) is 1. The average Bonchev–Trinajstić information content (AvgIpc) is 2.39. The van der Waals surface area contributed by atoms with Crippen LogP contribution in [0.2, 0.25) is 0 Å². The minimum atomic E-state index is -0.0950. The van der Waals surface area contributed by atoms with Crippen LogP contribution in [0.25, 0.3) is 0 Å². The second-order valence-electron chi connectivity index (χ2n) is 4.27. The highest BCUT2D eigenvalue weighted by molar-refractivity contribution is 5.93. The quantitative estimate of drug-likeness (QED) is 0.809. The number of anilines is 1. The van der Waals surface area contributed by atoms with Crippen LogP contribution in [0.4, 0.5) is 5.82 Å². The number of rotatable bonds is 2. The Morgan fingerprint density at radius 2 is 2.06 bits per heavy atom. The summed E-state index contributed by atoms with van der Waals surface area (Å²) in [6.45, 7) is 4.09. The summed E-state index contributed by atoms with van der Waals surface area (Å²) < 4.78 is 0. The number of hydrogen-bond acceptors (Lipinski definition) is 4. The lowest BCUT2D eigenvalue weighted by Gasteiger charge is -2.33. The molecule has 0 saturated carbocycles. The van der Waals surface area contributed by atoms with Crippen LogP contribution in [0.5, 0.6) is 0 Å². The Morgan fingerprint density at radius 3 is 2.59 bits per heavy atom. The van der Waals surface area contributed by atoms with Crippen molar-refractivity contribution in [3.05, 3.63) is 23.9 Å². The van der Waals surface area contributed by atoms with E-state index in [9.17, 15) is 4.79 Å². The third-order valence-corrected chi connectivity index (χ3v) is 3.06. The number of piperazine rings is 1. The normalized spacial score (nSPS) is 16.9. The maximum Gasteiger partial charge on any atom is 0.252 e. The average molecular weight is 236 g/mol. The van der Waals surface area contributed by atoms with E-state index in [0.29, 0.717) is 5.56 Å². The van der Waals surface area contributed by atoms with Crippen LogP contribution < -0.4 is 10.2 Å². The van der Waals surface area contributed by atoms with Gasteiger partial charge in [0.25, 0.3) is 5.91 Å². The van der Waals surface area contributed by atoms with E-state index in [0.717, 1.165) is 32.0 Å². The molecule has 1 N–H and O–H groups in total. The molecule has 1 aromatic rings. The van der Waals surface area contributed by atoms with Gasteiger partial charge in [-0.25, -0.2) is 4.98 Å². The molecule has 1 fully saturated rings. The molecule has 0 aromatic carbocycles. The Bertz CT molecular complexity index is 388. The summed E-state index contributed by atoms with van der Waals surface area (Å²) in [6.07, 6.45) is 1.63. The monoisotopic (exact) mass is 236 g/mol. The number of likely N-dealkylation sites (N-methyl/N-ethyl adjacent to an activating group) is 1. The van der Waals surface area contributed by atoms with Crippen LogP contribution in [-0.4, -0.2) is 56.1 Å². The molecular weight excluding hydrogens is 216 g/mol. The molecule has 2 heterocycles. The minimum absolute atomic E-state index is 0. The van der Waals surface area contributed by atoms with Gasteiger partial charge in [-0.15, -0.1) is 0 Å². The largest absolute Gasteiger partial charge is 0.355 e. The standard InChI is InChI=1S/C12H18N4O.H2/c1-13-12(17)10-3-4-11(14-9-10)16-7-5-15(2)6-8-16;/h3-4,9H,5-8H2,1-2H3,(H,13,17);1H. The molecule has 2 rings (SSSR count). The second kappa shape index (κ2) is 5.14. The summed E-state index contributed by atoms with van der Waals surface area (Å²) in [5.74, 6) is 0.855. The number of nitrogens with zero attached hydrogens (tertiary/aromatic N) is 3. The summed E-state index contributed by atoms with van der Waals surface area (Å²) in [5, 5.41) is 2.59. The molecule has 94 valence electrons. The lowest BCUT2D eigenvalue weighted by molar-refractivity contribution is 0.0963. The summed E-state index contributed by atoms with van der Waals surface area (Å²) >= 11 is 0. The predicted octanol–water partition coefficient (Wildman–Crippen LogP) is 0.439. The first-order valence-electron chi connectivity index (χ1n) is 5.82. The fraction of sp³-hybridized carbons (Fsp3) is 0.500. The minimum Gasteiger partial charge on any atom is -0.355 e. The van der Waals surface area contributed by atoms with Gasteiger partial charge < -0.3 is 15.1 Å². The van der Waals surface area contributed by atoms with Gasteiger partial charge in [-0.1, -0.05) is 0 Å². The van der Waals surface area contributed by atoms with Crippen molar-refractivity contribution in [3.8, 4) is 0 Å². The molecule has 1 aliphatic heterocycles. The lowest BCUT2D eigenvalue weighted by atomic mass is 10.2. The maximum absolute atomic E-state index is 11.4. The first kappa shape index (κ1) is 11.9. The number of aromatic nitrogens is 1. The smallest absolute Gasteiger partial charge is 0.252 e. The van der Waals surface area contributed by atoms with Crippen molar-refractivity contribution in [3.63, 3.8) is 0 Å². The van der Waals surface area contributed by atoms with E-state index in [1.54, 1.807) is 13.2 Å². The molecule has 1 aromatic heterocycles. The first-order valence-corrected chi connectivity index (χ1v) is 5.82. The number of nitrogens with one attached hydrogen (secondary N) is 1. The van der Waals surface area contributed by atoms with Gasteiger partial charge in [-0.2, -0.15) is 0 Å². The third kappa shape index (κ3) is 2.74. The summed E-state index contributed by atoms with van der Waals surface area (Å²) in [6, 6.07) is 3.73. The molecule has 5 nitrogen and oxygen atoms in total. The van der Waals surface area contributed by atoms with E-state index >= 15 is 0 Å². The number of amides is 1. The van der Waals surface area contributed by atoms with E-state index < -0.39 is 0 Å². The molecule has 0 unspecified atom stereocenters. The molecule has 0 radical (unpaired) electrons. The predicted molar refractivity (Wildman–Crippen MR) is 69.5 cm³/mol. The van der Waals surface area contributed by atoms with Gasteiger partial charge in [0.05, 0.1) is 5.56 Å². The van der Waals surface area contributed by atoms with Crippen LogP contribution in [0, 0.1) is 0 Å². The van der Waals surface area contributed by atoms with Crippen LogP contribution in [-0.2, 0) is 0 Å². The molecule has 0 atom stereocenters. The summed E-state index contributed by atoms with van der Waals surface area (Å²) in [4.78, 5) is 20.3. The Labute approximate surface area is 103 Å². The van der Waals surface area contributed by atoms with Crippen LogP contribution in [0.15, 0.2) is 18.3 Å². The molecule has 5 heteroatoms. The molecule has 0 spiro atoms. The fourth-order valence-corrected chi connectivity index (χ4v) is 1.89. The molecule has 17 heavy (non-hydrogen) atoms. The molecular formula is C12H20N4O. The van der Waals surface area contributed by atoms with Gasteiger partial charge in [0, 0.05) is 40.9 Å². The SMILES string of the molecule is CNC(=O)c1ccc(N2CCN(C)CC2)nc1.[HH]. The number of pyridine rings is 1. The zero-order valence-corrected chi connectivity index (χ0v) is 10.3. The van der Waals surface area contributed by atoms with Gasteiger partial charge >= 0.3 is 0 Å².